The van der Waals surface area contributed by atoms with Gasteiger partial charge in [0, 0.05) is 0 Å². The van der Waals surface area contributed by atoms with E-state index < -0.39 is 35.1 Å². The Bertz CT molecular complexity index is 658. The maximum Gasteiger partial charge on any atom is 0.332 e. The minimum absolute atomic E-state index is 0.296. The third-order valence-electron chi connectivity index (χ3n) is 3.28. The van der Waals surface area contributed by atoms with E-state index in [1.807, 2.05) is 0 Å². The summed E-state index contributed by atoms with van der Waals surface area (Å²) in [6.07, 6.45) is 5.34. The predicted octanol–water partition coefficient (Wildman–Crippen LogP) is 1.40. The Morgan fingerprint density at radius 1 is 1.24 bits per heavy atom. The molecule has 1 atom stereocenters. The first-order valence-electron chi connectivity index (χ1n) is 6.20. The fourth-order valence-corrected chi connectivity index (χ4v) is 2.12. The van der Waals surface area contributed by atoms with Crippen LogP contribution in [0.1, 0.15) is 25.3 Å². The molecule has 1 N–H and O–H groups in total. The van der Waals surface area contributed by atoms with Gasteiger partial charge >= 0.3 is 6.03 Å². The zero-order valence-corrected chi connectivity index (χ0v) is 11.5. The highest BCUT2D eigenvalue weighted by Crippen LogP contribution is 2.27. The van der Waals surface area contributed by atoms with Gasteiger partial charge in [0.2, 0.25) is 11.8 Å². The molecule has 6 heteroatoms. The van der Waals surface area contributed by atoms with Crippen LogP contribution in [0.5, 0.6) is 0 Å². The maximum atomic E-state index is 13.0. The normalized spacial score (nSPS) is 19.2. The van der Waals surface area contributed by atoms with Crippen LogP contribution in [0.2, 0.25) is 0 Å². The van der Waals surface area contributed by atoms with E-state index in [0.29, 0.717) is 5.56 Å². The van der Waals surface area contributed by atoms with E-state index in [9.17, 15) is 18.8 Å². The molecule has 1 aliphatic heterocycles. The van der Waals surface area contributed by atoms with Crippen LogP contribution in [0.15, 0.2) is 24.3 Å². The average Bonchev–Trinajstić information content (AvgIpc) is 2.40. The molecule has 108 valence electrons. The van der Waals surface area contributed by atoms with Crippen molar-refractivity contribution in [2.24, 2.45) is 0 Å². The molecular formula is C15H13FN2O3. The predicted molar refractivity (Wildman–Crippen MR) is 72.4 cm³/mol. The molecule has 0 saturated carbocycles. The molecule has 1 saturated heterocycles. The van der Waals surface area contributed by atoms with Gasteiger partial charge in [-0.25, -0.2) is 14.1 Å². The Kier molecular flexibility index (Phi) is 3.52. The Morgan fingerprint density at radius 2 is 1.81 bits per heavy atom. The highest BCUT2D eigenvalue weighted by molar-refractivity contribution is 6.19. The van der Waals surface area contributed by atoms with Crippen LogP contribution in [0, 0.1) is 18.2 Å². The van der Waals surface area contributed by atoms with Crippen LogP contribution in [-0.2, 0) is 9.59 Å². The van der Waals surface area contributed by atoms with Crippen molar-refractivity contribution in [3.63, 3.8) is 0 Å². The molecule has 1 heterocycles. The second-order valence-electron chi connectivity index (χ2n) is 5.16. The van der Waals surface area contributed by atoms with Crippen molar-refractivity contribution in [2.75, 3.05) is 0 Å². The number of benzene rings is 1. The zero-order valence-electron chi connectivity index (χ0n) is 11.5. The van der Waals surface area contributed by atoms with E-state index in [1.54, 1.807) is 0 Å². The van der Waals surface area contributed by atoms with Crippen LogP contribution in [-0.4, -0.2) is 28.3 Å². The van der Waals surface area contributed by atoms with Crippen LogP contribution < -0.4 is 5.32 Å². The molecule has 1 aromatic carbocycles. The molecule has 0 spiro atoms. The second-order valence-corrected chi connectivity index (χ2v) is 5.16. The summed E-state index contributed by atoms with van der Waals surface area (Å²) in [5.41, 5.74) is -0.885. The summed E-state index contributed by atoms with van der Waals surface area (Å²) in [5.74, 6) is -0.845. The quantitative estimate of drug-likeness (QED) is 0.661. The standard InChI is InChI=1S/C15H13FN2O3/c1-4-15(2,3)18-13(20)11(12(19)17-14(18)21)9-5-7-10(16)8-6-9/h1,5-8,11H,2-3H3,(H,17,19,21). The first-order chi connectivity index (χ1) is 9.77. The number of hydrogen-bond donors (Lipinski definition) is 1. The van der Waals surface area contributed by atoms with Crippen LogP contribution in [0.4, 0.5) is 9.18 Å². The number of rotatable bonds is 2. The van der Waals surface area contributed by atoms with Gasteiger partial charge in [-0.3, -0.25) is 14.9 Å². The second kappa shape index (κ2) is 5.02. The number of carbonyl (C=O) groups is 3. The largest absolute Gasteiger partial charge is 0.332 e. The molecule has 2 rings (SSSR count). The van der Waals surface area contributed by atoms with Gasteiger partial charge in [-0.05, 0) is 31.5 Å². The fraction of sp³-hybridized carbons (Fsp3) is 0.267. The molecule has 0 radical (unpaired) electrons. The van der Waals surface area contributed by atoms with Gasteiger partial charge in [0.1, 0.15) is 17.3 Å². The van der Waals surface area contributed by atoms with E-state index >= 15 is 0 Å². The first-order valence-corrected chi connectivity index (χ1v) is 6.20. The SMILES string of the molecule is C#CC(C)(C)N1C(=O)NC(=O)C(c2ccc(F)cc2)C1=O. The minimum Gasteiger partial charge on any atom is -0.277 e. The van der Waals surface area contributed by atoms with Gasteiger partial charge in [0.05, 0.1) is 0 Å². The van der Waals surface area contributed by atoms with Crippen molar-refractivity contribution < 1.29 is 18.8 Å². The van der Waals surface area contributed by atoms with E-state index in [-0.39, 0.29) is 0 Å². The maximum absolute atomic E-state index is 13.0. The molecule has 0 aromatic heterocycles. The number of terminal acetylenes is 1. The van der Waals surface area contributed by atoms with E-state index in [1.165, 1.54) is 26.0 Å². The lowest BCUT2D eigenvalue weighted by molar-refractivity contribution is -0.140. The third-order valence-corrected chi connectivity index (χ3v) is 3.28. The van der Waals surface area contributed by atoms with E-state index in [2.05, 4.69) is 11.2 Å². The lowest BCUT2D eigenvalue weighted by Crippen LogP contribution is -2.62. The van der Waals surface area contributed by atoms with Gasteiger partial charge in [0.15, 0.2) is 0 Å². The first kappa shape index (κ1) is 14.7. The molecule has 0 bridgehead atoms. The summed E-state index contributed by atoms with van der Waals surface area (Å²) in [4.78, 5) is 37.1. The van der Waals surface area contributed by atoms with Crippen LogP contribution in [0.25, 0.3) is 0 Å². The number of halogens is 1. The molecule has 0 aliphatic carbocycles. The average molecular weight is 288 g/mol. The summed E-state index contributed by atoms with van der Waals surface area (Å²) in [6, 6.07) is 4.08. The highest BCUT2D eigenvalue weighted by Gasteiger charge is 2.46. The van der Waals surface area contributed by atoms with Gasteiger partial charge in [0.25, 0.3) is 0 Å². The summed E-state index contributed by atoms with van der Waals surface area (Å²) in [6.45, 7) is 3.03. The third kappa shape index (κ3) is 2.50. The molecular weight excluding hydrogens is 275 g/mol. The number of imide groups is 2. The number of hydrogen-bond acceptors (Lipinski definition) is 3. The fourth-order valence-electron chi connectivity index (χ4n) is 2.12. The topological polar surface area (TPSA) is 66.5 Å². The Morgan fingerprint density at radius 3 is 2.33 bits per heavy atom. The smallest absolute Gasteiger partial charge is 0.277 e. The minimum atomic E-state index is -1.23. The molecule has 1 aliphatic rings. The van der Waals surface area contributed by atoms with Gasteiger partial charge < -0.3 is 0 Å². The van der Waals surface area contributed by atoms with Crippen molar-refractivity contribution in [3.05, 3.63) is 35.6 Å². The number of urea groups is 1. The number of nitrogens with one attached hydrogen (secondary N) is 1. The number of amides is 4. The summed E-state index contributed by atoms with van der Waals surface area (Å²) in [5, 5.41) is 2.10. The Balaban J connectivity index is 2.45. The summed E-state index contributed by atoms with van der Waals surface area (Å²) < 4.78 is 13.0. The molecule has 21 heavy (non-hydrogen) atoms. The zero-order chi connectivity index (χ0) is 15.8. The van der Waals surface area contributed by atoms with E-state index in [0.717, 1.165) is 17.0 Å². The van der Waals surface area contributed by atoms with Crippen LogP contribution >= 0.6 is 0 Å². The van der Waals surface area contributed by atoms with Crippen molar-refractivity contribution >= 4 is 17.8 Å². The number of barbiturate groups is 1. The molecule has 1 fully saturated rings. The van der Waals surface area contributed by atoms with Crippen molar-refractivity contribution in [3.8, 4) is 12.3 Å². The number of nitrogens with zero attached hydrogens (tertiary/aromatic N) is 1. The molecule has 1 unspecified atom stereocenters. The summed E-state index contributed by atoms with van der Waals surface area (Å²) in [7, 11) is 0. The molecule has 4 amide bonds. The Labute approximate surface area is 121 Å². The van der Waals surface area contributed by atoms with Gasteiger partial charge in [-0.2, -0.15) is 0 Å². The molecule has 1 aromatic rings. The van der Waals surface area contributed by atoms with E-state index in [4.69, 9.17) is 6.42 Å². The lowest BCUT2D eigenvalue weighted by Gasteiger charge is -2.38. The Hall–Kier alpha value is -2.68. The van der Waals surface area contributed by atoms with Gasteiger partial charge in [-0.1, -0.05) is 18.1 Å². The van der Waals surface area contributed by atoms with Gasteiger partial charge in [-0.15, -0.1) is 6.42 Å². The highest BCUT2D eigenvalue weighted by atomic mass is 19.1. The number of carbonyl (C=O) groups excluding carboxylic acids is 3. The van der Waals surface area contributed by atoms with Crippen molar-refractivity contribution in [1.82, 2.24) is 10.2 Å². The molecule has 5 nitrogen and oxygen atoms in total. The summed E-state index contributed by atoms with van der Waals surface area (Å²) >= 11 is 0. The lowest BCUT2D eigenvalue weighted by atomic mass is 9.92. The monoisotopic (exact) mass is 288 g/mol. The van der Waals surface area contributed by atoms with Crippen molar-refractivity contribution in [1.29, 1.82) is 0 Å². The van der Waals surface area contributed by atoms with Crippen molar-refractivity contribution in [2.45, 2.75) is 25.3 Å². The van der Waals surface area contributed by atoms with Crippen LogP contribution in [0.3, 0.4) is 0 Å².